The Labute approximate surface area is 193 Å². The van der Waals surface area contributed by atoms with Gasteiger partial charge in [0.05, 0.1) is 15.1 Å². The topological polar surface area (TPSA) is 82.6 Å². The van der Waals surface area contributed by atoms with E-state index in [2.05, 4.69) is 41.1 Å². The van der Waals surface area contributed by atoms with Crippen molar-refractivity contribution < 1.29 is 13.2 Å². The van der Waals surface area contributed by atoms with Gasteiger partial charge in [-0.1, -0.05) is 35.6 Å². The minimum atomic E-state index is -3.61. The summed E-state index contributed by atoms with van der Waals surface area (Å²) in [5.41, 5.74) is 3.56. The summed E-state index contributed by atoms with van der Waals surface area (Å²) in [4.78, 5) is 21.8. The van der Waals surface area contributed by atoms with Crippen molar-refractivity contribution in [3.8, 4) is 0 Å². The maximum atomic E-state index is 12.3. The van der Waals surface area contributed by atoms with Gasteiger partial charge in [-0.3, -0.25) is 9.69 Å². The van der Waals surface area contributed by atoms with E-state index in [-0.39, 0.29) is 4.90 Å². The third-order valence-electron chi connectivity index (χ3n) is 5.63. The highest BCUT2D eigenvalue weighted by atomic mass is 32.2. The van der Waals surface area contributed by atoms with Crippen molar-refractivity contribution in [2.75, 3.05) is 49.9 Å². The number of nitrogens with zero attached hydrogens (tertiary/aromatic N) is 3. The average molecular weight is 473 g/mol. The van der Waals surface area contributed by atoms with E-state index in [1.54, 1.807) is 29.5 Å². The second kappa shape index (κ2) is 9.56. The zero-order valence-electron chi connectivity index (χ0n) is 18.4. The fourth-order valence-electron chi connectivity index (χ4n) is 3.95. The van der Waals surface area contributed by atoms with E-state index in [1.807, 2.05) is 0 Å². The number of carbonyl (C=O) groups excluding carboxylic acids is 1. The van der Waals surface area contributed by atoms with Crippen molar-refractivity contribution in [1.82, 2.24) is 15.2 Å². The van der Waals surface area contributed by atoms with Crippen LogP contribution in [-0.4, -0.2) is 69.2 Å². The average Bonchev–Trinajstić information content (AvgIpc) is 3.19. The van der Waals surface area contributed by atoms with Gasteiger partial charge in [-0.15, -0.1) is 0 Å². The molecule has 0 radical (unpaired) electrons. The van der Waals surface area contributed by atoms with Crippen LogP contribution in [0.4, 0.5) is 5.13 Å². The normalized spacial score (nSPS) is 15.2. The number of nitrogens with one attached hydrogen (secondary N) is 1. The second-order valence-corrected chi connectivity index (χ2v) is 11.2. The number of amides is 1. The summed E-state index contributed by atoms with van der Waals surface area (Å²) < 4.78 is 25.8. The molecule has 170 valence electrons. The number of rotatable bonds is 7. The quantitative estimate of drug-likeness (QED) is 0.569. The molecule has 1 N–H and O–H groups in total. The summed E-state index contributed by atoms with van der Waals surface area (Å²) in [6.45, 7) is 8.88. The van der Waals surface area contributed by atoms with E-state index in [1.165, 1.54) is 28.0 Å². The SMILES string of the molecule is Cc1cc(C)c2nc(N3CCN(CCNC(=O)CS(=O)(=O)c4ccccc4)CC3)sc2c1. The fourth-order valence-corrected chi connectivity index (χ4v) is 6.32. The molecule has 0 bridgehead atoms. The number of sulfone groups is 1. The predicted molar refractivity (Wildman–Crippen MR) is 129 cm³/mol. The Kier molecular flexibility index (Phi) is 6.78. The minimum Gasteiger partial charge on any atom is -0.354 e. The first-order chi connectivity index (χ1) is 15.3. The number of benzene rings is 2. The molecule has 9 heteroatoms. The summed E-state index contributed by atoms with van der Waals surface area (Å²) in [5.74, 6) is -0.992. The zero-order valence-corrected chi connectivity index (χ0v) is 20.0. The van der Waals surface area contributed by atoms with Gasteiger partial charge in [0.2, 0.25) is 5.91 Å². The first-order valence-electron chi connectivity index (χ1n) is 10.7. The molecule has 2 heterocycles. The lowest BCUT2D eigenvalue weighted by atomic mass is 10.1. The molecular formula is C23H28N4O3S2. The molecule has 0 unspecified atom stereocenters. The number of aromatic nitrogens is 1. The van der Waals surface area contributed by atoms with E-state index in [0.29, 0.717) is 13.1 Å². The lowest BCUT2D eigenvalue weighted by Gasteiger charge is -2.34. The van der Waals surface area contributed by atoms with Crippen LogP contribution in [0.1, 0.15) is 11.1 Å². The van der Waals surface area contributed by atoms with Gasteiger partial charge in [-0.05, 0) is 43.2 Å². The van der Waals surface area contributed by atoms with Crippen molar-refractivity contribution in [3.63, 3.8) is 0 Å². The van der Waals surface area contributed by atoms with E-state index in [9.17, 15) is 13.2 Å². The second-order valence-electron chi connectivity index (χ2n) is 8.18. The fraction of sp³-hybridized carbons (Fsp3) is 0.391. The molecular weight excluding hydrogens is 444 g/mol. The van der Waals surface area contributed by atoms with E-state index < -0.39 is 21.5 Å². The number of aryl methyl sites for hydroxylation is 2. The molecule has 3 aromatic rings. The lowest BCUT2D eigenvalue weighted by molar-refractivity contribution is -0.118. The third-order valence-corrected chi connectivity index (χ3v) is 8.33. The van der Waals surface area contributed by atoms with Gasteiger partial charge in [-0.25, -0.2) is 13.4 Å². The van der Waals surface area contributed by atoms with Crippen molar-refractivity contribution >= 4 is 42.4 Å². The highest BCUT2D eigenvalue weighted by Crippen LogP contribution is 2.32. The molecule has 7 nitrogen and oxygen atoms in total. The minimum absolute atomic E-state index is 0.173. The van der Waals surface area contributed by atoms with Crippen LogP contribution in [0.25, 0.3) is 10.2 Å². The molecule has 1 aliphatic heterocycles. The largest absolute Gasteiger partial charge is 0.354 e. The standard InChI is InChI=1S/C23H28N4O3S2/c1-17-14-18(2)22-20(15-17)31-23(25-22)27-12-10-26(11-13-27)9-8-24-21(28)16-32(29,30)19-6-4-3-5-7-19/h3-7,14-15H,8-13,16H2,1-2H3,(H,24,28). The number of carbonyl (C=O) groups is 1. The highest BCUT2D eigenvalue weighted by molar-refractivity contribution is 7.92. The molecule has 4 rings (SSSR count). The molecule has 1 aliphatic rings. The van der Waals surface area contributed by atoms with Gasteiger partial charge in [0.15, 0.2) is 15.0 Å². The van der Waals surface area contributed by atoms with Gasteiger partial charge < -0.3 is 10.2 Å². The van der Waals surface area contributed by atoms with Gasteiger partial charge >= 0.3 is 0 Å². The van der Waals surface area contributed by atoms with E-state index >= 15 is 0 Å². The molecule has 1 saturated heterocycles. The van der Waals surface area contributed by atoms with Crippen LogP contribution >= 0.6 is 11.3 Å². The van der Waals surface area contributed by atoms with Crippen LogP contribution < -0.4 is 10.2 Å². The smallest absolute Gasteiger partial charge is 0.235 e. The molecule has 1 aromatic heterocycles. The Hall–Kier alpha value is -2.49. The Morgan fingerprint density at radius 2 is 1.81 bits per heavy atom. The van der Waals surface area contributed by atoms with Gasteiger partial charge in [0.25, 0.3) is 0 Å². The Bertz CT molecular complexity index is 1200. The Balaban J connectivity index is 1.23. The molecule has 0 aliphatic carbocycles. The first-order valence-corrected chi connectivity index (χ1v) is 13.2. The highest BCUT2D eigenvalue weighted by Gasteiger charge is 2.21. The number of anilines is 1. The van der Waals surface area contributed by atoms with E-state index in [4.69, 9.17) is 4.98 Å². The summed E-state index contributed by atoms with van der Waals surface area (Å²) >= 11 is 1.74. The molecule has 0 spiro atoms. The Morgan fingerprint density at radius 3 is 2.53 bits per heavy atom. The van der Waals surface area contributed by atoms with Crippen LogP contribution in [0.2, 0.25) is 0 Å². The van der Waals surface area contributed by atoms with Crippen LogP contribution in [0.5, 0.6) is 0 Å². The number of fused-ring (bicyclic) bond motifs is 1. The molecule has 1 amide bonds. The number of thiazole rings is 1. The summed E-state index contributed by atoms with van der Waals surface area (Å²) in [7, 11) is -3.61. The molecule has 32 heavy (non-hydrogen) atoms. The van der Waals surface area contributed by atoms with E-state index in [0.717, 1.165) is 36.8 Å². The maximum absolute atomic E-state index is 12.3. The molecule has 0 atom stereocenters. The van der Waals surface area contributed by atoms with Crippen LogP contribution in [0.3, 0.4) is 0 Å². The monoisotopic (exact) mass is 472 g/mol. The van der Waals surface area contributed by atoms with Crippen LogP contribution in [0, 0.1) is 13.8 Å². The van der Waals surface area contributed by atoms with Gasteiger partial charge in [0, 0.05) is 39.3 Å². The maximum Gasteiger partial charge on any atom is 0.235 e. The van der Waals surface area contributed by atoms with Gasteiger partial charge in [0.1, 0.15) is 5.75 Å². The summed E-state index contributed by atoms with van der Waals surface area (Å²) in [5, 5.41) is 3.81. The van der Waals surface area contributed by atoms with Gasteiger partial charge in [-0.2, -0.15) is 0 Å². The Morgan fingerprint density at radius 1 is 1.09 bits per heavy atom. The third kappa shape index (κ3) is 5.28. The summed E-state index contributed by atoms with van der Waals surface area (Å²) in [6, 6.07) is 12.4. The van der Waals surface area contributed by atoms with Crippen molar-refractivity contribution in [2.24, 2.45) is 0 Å². The number of hydrogen-bond acceptors (Lipinski definition) is 7. The number of piperazine rings is 1. The lowest BCUT2D eigenvalue weighted by Crippen LogP contribution is -2.48. The van der Waals surface area contributed by atoms with Crippen LogP contribution in [0.15, 0.2) is 47.4 Å². The van der Waals surface area contributed by atoms with Crippen molar-refractivity contribution in [3.05, 3.63) is 53.6 Å². The number of hydrogen-bond donors (Lipinski definition) is 1. The molecule has 2 aromatic carbocycles. The van der Waals surface area contributed by atoms with Crippen molar-refractivity contribution in [2.45, 2.75) is 18.7 Å². The summed E-state index contributed by atoms with van der Waals surface area (Å²) in [6.07, 6.45) is 0. The molecule has 1 fully saturated rings. The molecule has 0 saturated carbocycles. The van der Waals surface area contributed by atoms with Crippen LogP contribution in [-0.2, 0) is 14.6 Å². The first kappa shape index (κ1) is 22.7. The van der Waals surface area contributed by atoms with Crippen molar-refractivity contribution in [1.29, 1.82) is 0 Å². The predicted octanol–water partition coefficient (Wildman–Crippen LogP) is 2.63. The zero-order chi connectivity index (χ0) is 22.7.